The number of carbonyl (C=O) groups excluding carboxylic acids is 2. The summed E-state index contributed by atoms with van der Waals surface area (Å²) in [4.78, 5) is 23.7. The number of hydrogen-bond acceptors (Lipinski definition) is 2. The van der Waals surface area contributed by atoms with E-state index in [-0.39, 0.29) is 23.4 Å². The van der Waals surface area contributed by atoms with E-state index in [4.69, 9.17) is 11.6 Å². The lowest BCUT2D eigenvalue weighted by Gasteiger charge is -2.47. The SMILES string of the molecule is CC1(C)CC([C@H](NC(=O)[C@@H]2CNC(=O)N2)c2ccc(F)c(Cl)c2F)C1. The molecule has 3 rings (SSSR count). The highest BCUT2D eigenvalue weighted by Gasteiger charge is 2.43. The fourth-order valence-corrected chi connectivity index (χ4v) is 3.87. The standard InChI is InChI=1S/C17H20ClF2N3O2/c1-17(2)5-8(6-17)14(9-3-4-10(19)12(18)13(9)20)23-15(24)11-7-21-16(25)22-11/h3-4,8,11,14H,5-7H2,1-2H3,(H,23,24)(H2,21,22,25)/t11-,14-/m0/s1. The summed E-state index contributed by atoms with van der Waals surface area (Å²) in [6, 6.07) is 0.650. The van der Waals surface area contributed by atoms with Crippen LogP contribution in [0, 0.1) is 23.0 Å². The topological polar surface area (TPSA) is 70.2 Å². The molecule has 1 aromatic rings. The Morgan fingerprint density at radius 1 is 1.36 bits per heavy atom. The Bertz CT molecular complexity index is 718. The average Bonchev–Trinajstić information content (AvgIpc) is 2.95. The van der Waals surface area contributed by atoms with Crippen molar-refractivity contribution in [1.82, 2.24) is 16.0 Å². The van der Waals surface area contributed by atoms with Gasteiger partial charge in [-0.1, -0.05) is 31.5 Å². The molecule has 1 aliphatic carbocycles. The molecule has 136 valence electrons. The maximum absolute atomic E-state index is 14.5. The molecule has 1 aliphatic heterocycles. The number of rotatable bonds is 4. The van der Waals surface area contributed by atoms with Crippen molar-refractivity contribution in [3.8, 4) is 0 Å². The van der Waals surface area contributed by atoms with Crippen LogP contribution in [0.5, 0.6) is 0 Å². The number of carbonyl (C=O) groups is 2. The Balaban J connectivity index is 1.85. The molecule has 3 amide bonds. The minimum Gasteiger partial charge on any atom is -0.347 e. The van der Waals surface area contributed by atoms with Crippen molar-refractivity contribution in [2.45, 2.75) is 38.8 Å². The molecule has 0 radical (unpaired) electrons. The van der Waals surface area contributed by atoms with Gasteiger partial charge >= 0.3 is 6.03 Å². The van der Waals surface area contributed by atoms with E-state index >= 15 is 0 Å². The number of amides is 3. The molecule has 1 aromatic carbocycles. The summed E-state index contributed by atoms with van der Waals surface area (Å²) < 4.78 is 28.0. The van der Waals surface area contributed by atoms with E-state index in [1.54, 1.807) is 0 Å². The lowest BCUT2D eigenvalue weighted by Crippen LogP contribution is -2.49. The van der Waals surface area contributed by atoms with Gasteiger partial charge in [-0.25, -0.2) is 13.6 Å². The van der Waals surface area contributed by atoms with Crippen molar-refractivity contribution < 1.29 is 18.4 Å². The van der Waals surface area contributed by atoms with Crippen LogP contribution < -0.4 is 16.0 Å². The molecular weight excluding hydrogens is 352 g/mol. The molecule has 1 saturated heterocycles. The number of hydrogen-bond donors (Lipinski definition) is 3. The van der Waals surface area contributed by atoms with Gasteiger partial charge < -0.3 is 16.0 Å². The second kappa shape index (κ2) is 6.44. The van der Waals surface area contributed by atoms with Gasteiger partial charge in [0.2, 0.25) is 5.91 Å². The smallest absolute Gasteiger partial charge is 0.315 e. The summed E-state index contributed by atoms with van der Waals surface area (Å²) in [5.74, 6) is -2.09. The summed E-state index contributed by atoms with van der Waals surface area (Å²) in [6.45, 7) is 4.36. The predicted molar refractivity (Wildman–Crippen MR) is 89.1 cm³/mol. The molecule has 1 saturated carbocycles. The molecule has 8 heteroatoms. The first-order valence-electron chi connectivity index (χ1n) is 8.16. The van der Waals surface area contributed by atoms with Gasteiger partial charge in [0.25, 0.3) is 0 Å². The molecule has 0 aromatic heterocycles. The van der Waals surface area contributed by atoms with Crippen molar-refractivity contribution in [1.29, 1.82) is 0 Å². The highest BCUT2D eigenvalue weighted by Crippen LogP contribution is 2.50. The Morgan fingerprint density at radius 3 is 2.60 bits per heavy atom. The predicted octanol–water partition coefficient (Wildman–Crippen LogP) is 2.89. The molecule has 0 spiro atoms. The van der Waals surface area contributed by atoms with E-state index in [0.29, 0.717) is 0 Å². The largest absolute Gasteiger partial charge is 0.347 e. The Kier molecular flexibility index (Phi) is 4.62. The van der Waals surface area contributed by atoms with Gasteiger partial charge in [-0.05, 0) is 30.2 Å². The Labute approximate surface area is 149 Å². The van der Waals surface area contributed by atoms with E-state index in [2.05, 4.69) is 29.8 Å². The molecular formula is C17H20ClF2N3O2. The van der Waals surface area contributed by atoms with E-state index in [1.807, 2.05) is 0 Å². The molecule has 25 heavy (non-hydrogen) atoms. The van der Waals surface area contributed by atoms with Crippen LogP contribution in [0.3, 0.4) is 0 Å². The summed E-state index contributed by atoms with van der Waals surface area (Å²) in [5.41, 5.74) is 0.273. The first kappa shape index (κ1) is 17.9. The highest BCUT2D eigenvalue weighted by molar-refractivity contribution is 6.31. The number of urea groups is 1. The van der Waals surface area contributed by atoms with Crippen molar-refractivity contribution in [3.63, 3.8) is 0 Å². The van der Waals surface area contributed by atoms with Crippen LogP contribution in [0.2, 0.25) is 5.02 Å². The zero-order valence-corrected chi connectivity index (χ0v) is 14.7. The summed E-state index contributed by atoms with van der Waals surface area (Å²) in [6.07, 6.45) is 1.59. The maximum atomic E-state index is 14.5. The maximum Gasteiger partial charge on any atom is 0.315 e. The summed E-state index contributed by atoms with van der Waals surface area (Å²) in [7, 11) is 0. The molecule has 2 atom stereocenters. The third-order valence-corrected chi connectivity index (χ3v) is 5.23. The fourth-order valence-electron chi connectivity index (χ4n) is 3.69. The van der Waals surface area contributed by atoms with Crippen LogP contribution in [-0.2, 0) is 4.79 Å². The van der Waals surface area contributed by atoms with Crippen LogP contribution in [0.25, 0.3) is 0 Å². The zero-order chi connectivity index (χ0) is 18.4. The van der Waals surface area contributed by atoms with E-state index in [9.17, 15) is 18.4 Å². The second-order valence-electron chi connectivity index (χ2n) is 7.49. The monoisotopic (exact) mass is 371 g/mol. The Hall–Kier alpha value is -1.89. The van der Waals surface area contributed by atoms with Gasteiger partial charge in [0.05, 0.1) is 6.04 Å². The normalized spacial score (nSPS) is 23.4. The fraction of sp³-hybridized carbons (Fsp3) is 0.529. The number of benzene rings is 1. The van der Waals surface area contributed by atoms with Crippen molar-refractivity contribution in [2.24, 2.45) is 11.3 Å². The summed E-state index contributed by atoms with van der Waals surface area (Å²) in [5, 5.41) is 7.23. The molecule has 0 bridgehead atoms. The van der Waals surface area contributed by atoms with E-state index in [0.717, 1.165) is 18.9 Å². The molecule has 0 unspecified atom stereocenters. The molecule has 3 N–H and O–H groups in total. The third-order valence-electron chi connectivity index (χ3n) is 4.89. The van der Waals surface area contributed by atoms with Crippen LogP contribution in [-0.4, -0.2) is 24.5 Å². The zero-order valence-electron chi connectivity index (χ0n) is 14.0. The lowest BCUT2D eigenvalue weighted by molar-refractivity contribution is -0.124. The van der Waals surface area contributed by atoms with Crippen LogP contribution >= 0.6 is 11.6 Å². The van der Waals surface area contributed by atoms with Crippen LogP contribution in [0.4, 0.5) is 13.6 Å². The van der Waals surface area contributed by atoms with Gasteiger partial charge in [0.1, 0.15) is 22.7 Å². The second-order valence-corrected chi connectivity index (χ2v) is 7.87. The van der Waals surface area contributed by atoms with E-state index in [1.165, 1.54) is 6.07 Å². The van der Waals surface area contributed by atoms with Gasteiger partial charge in [-0.2, -0.15) is 0 Å². The Morgan fingerprint density at radius 2 is 2.04 bits per heavy atom. The molecule has 5 nitrogen and oxygen atoms in total. The minimum absolute atomic E-state index is 0.0139. The van der Waals surface area contributed by atoms with Crippen molar-refractivity contribution in [3.05, 3.63) is 34.4 Å². The van der Waals surface area contributed by atoms with Gasteiger partial charge in [-0.3, -0.25) is 4.79 Å². The minimum atomic E-state index is -0.856. The van der Waals surface area contributed by atoms with E-state index < -0.39 is 40.7 Å². The summed E-state index contributed by atoms with van der Waals surface area (Å²) >= 11 is 5.70. The van der Waals surface area contributed by atoms with Crippen molar-refractivity contribution >= 4 is 23.5 Å². The number of halogens is 3. The first-order chi connectivity index (χ1) is 11.7. The van der Waals surface area contributed by atoms with Gasteiger partial charge in [-0.15, -0.1) is 0 Å². The quantitative estimate of drug-likeness (QED) is 0.712. The van der Waals surface area contributed by atoms with Gasteiger partial charge in [0, 0.05) is 12.1 Å². The van der Waals surface area contributed by atoms with Crippen molar-refractivity contribution in [2.75, 3.05) is 6.54 Å². The molecule has 2 fully saturated rings. The van der Waals surface area contributed by atoms with Crippen LogP contribution in [0.15, 0.2) is 12.1 Å². The first-order valence-corrected chi connectivity index (χ1v) is 8.54. The van der Waals surface area contributed by atoms with Crippen LogP contribution in [0.1, 0.15) is 38.3 Å². The lowest BCUT2D eigenvalue weighted by atomic mass is 9.61. The highest BCUT2D eigenvalue weighted by atomic mass is 35.5. The molecule has 2 aliphatic rings. The number of nitrogens with one attached hydrogen (secondary N) is 3. The van der Waals surface area contributed by atoms with Gasteiger partial charge in [0.15, 0.2) is 0 Å². The molecule has 1 heterocycles. The third kappa shape index (κ3) is 3.56. The average molecular weight is 372 g/mol.